The van der Waals surface area contributed by atoms with Gasteiger partial charge in [0.2, 0.25) is 5.91 Å². The summed E-state index contributed by atoms with van der Waals surface area (Å²) in [7, 11) is 0. The first-order valence-electron chi connectivity index (χ1n) is 11.5. The molecule has 36 heavy (non-hydrogen) atoms. The van der Waals surface area contributed by atoms with Crippen molar-refractivity contribution in [3.05, 3.63) is 83.0 Å². The Morgan fingerprint density at radius 2 is 2.03 bits per heavy atom. The van der Waals surface area contributed by atoms with Crippen molar-refractivity contribution in [2.45, 2.75) is 25.4 Å². The van der Waals surface area contributed by atoms with Crippen LogP contribution in [0.1, 0.15) is 30.0 Å². The van der Waals surface area contributed by atoms with Crippen molar-refractivity contribution in [3.63, 3.8) is 0 Å². The molecule has 4 aromatic rings. The number of H-pyrrole nitrogens is 1. The minimum atomic E-state index is -0.0220. The van der Waals surface area contributed by atoms with E-state index in [-0.39, 0.29) is 12.5 Å². The molecular formula is C26H24Cl2N6O2. The summed E-state index contributed by atoms with van der Waals surface area (Å²) in [5, 5.41) is 5.38. The highest BCUT2D eigenvalue weighted by molar-refractivity contribution is 6.32. The second-order valence-corrected chi connectivity index (χ2v) is 9.36. The Balaban J connectivity index is 1.33. The van der Waals surface area contributed by atoms with Crippen molar-refractivity contribution in [2.24, 2.45) is 0 Å². The first kappa shape index (κ1) is 24.1. The predicted octanol–water partition coefficient (Wildman–Crippen LogP) is 5.87. The van der Waals surface area contributed by atoms with Gasteiger partial charge in [-0.15, -0.1) is 0 Å². The minimum Gasteiger partial charge on any atom is -0.486 e. The lowest BCUT2D eigenvalue weighted by Gasteiger charge is -2.31. The van der Waals surface area contributed by atoms with Crippen LogP contribution in [0.25, 0.3) is 11.0 Å². The van der Waals surface area contributed by atoms with Gasteiger partial charge in [-0.25, -0.2) is 9.97 Å². The molecule has 1 amide bonds. The van der Waals surface area contributed by atoms with Gasteiger partial charge in [0.1, 0.15) is 30.1 Å². The average molecular weight is 523 g/mol. The number of benzene rings is 1. The third-order valence-corrected chi connectivity index (χ3v) is 6.80. The number of amides is 1. The van der Waals surface area contributed by atoms with Crippen molar-refractivity contribution < 1.29 is 9.53 Å². The summed E-state index contributed by atoms with van der Waals surface area (Å²) in [6, 6.07) is 8.94. The molecule has 1 saturated heterocycles. The highest BCUT2D eigenvalue weighted by atomic mass is 35.5. The first-order valence-corrected chi connectivity index (χ1v) is 12.3. The number of carbonyl (C=O) groups excluding carboxylic acids is 1. The molecule has 2 N–H and O–H groups in total. The fraction of sp³-hybridized carbons (Fsp3) is 0.231. The van der Waals surface area contributed by atoms with Gasteiger partial charge in [0.05, 0.1) is 16.1 Å². The fourth-order valence-corrected chi connectivity index (χ4v) is 4.87. The third-order valence-electron chi connectivity index (χ3n) is 6.27. The minimum absolute atomic E-state index is 0.0220. The Kier molecular flexibility index (Phi) is 7.06. The molecule has 4 heterocycles. The number of halogens is 2. The van der Waals surface area contributed by atoms with Crippen LogP contribution in [0.5, 0.6) is 5.75 Å². The third kappa shape index (κ3) is 5.15. The number of rotatable bonds is 7. The van der Waals surface area contributed by atoms with Crippen molar-refractivity contribution in [1.82, 2.24) is 24.8 Å². The van der Waals surface area contributed by atoms with Gasteiger partial charge in [0.15, 0.2) is 0 Å². The Labute approximate surface area is 218 Å². The van der Waals surface area contributed by atoms with Gasteiger partial charge in [0, 0.05) is 36.2 Å². The number of ether oxygens (including phenoxy) is 1. The monoisotopic (exact) mass is 522 g/mol. The number of nitrogens with one attached hydrogen (secondary N) is 2. The molecule has 1 aromatic carbocycles. The second-order valence-electron chi connectivity index (χ2n) is 8.52. The number of hydrogen-bond acceptors (Lipinski definition) is 6. The van der Waals surface area contributed by atoms with Gasteiger partial charge in [-0.3, -0.25) is 9.78 Å². The van der Waals surface area contributed by atoms with E-state index in [1.54, 1.807) is 30.5 Å². The summed E-state index contributed by atoms with van der Waals surface area (Å²) in [6.07, 6.45) is 8.25. The van der Waals surface area contributed by atoms with Gasteiger partial charge in [-0.05, 0) is 60.7 Å². The maximum atomic E-state index is 12.0. The maximum Gasteiger partial charge on any atom is 0.245 e. The molecule has 8 nitrogen and oxygen atoms in total. The number of pyridine rings is 1. The number of hydrogen-bond donors (Lipinski definition) is 2. The van der Waals surface area contributed by atoms with Crippen LogP contribution in [0.15, 0.2) is 61.7 Å². The SMILES string of the molecule is C=CC(=O)N1CCC(c2c[nH]c3ncnc(Nc4ccc(OCc5cc(Cl)ccn5)c(Cl)c4)c23)CC1. The molecular weight excluding hydrogens is 499 g/mol. The smallest absolute Gasteiger partial charge is 0.245 e. The largest absolute Gasteiger partial charge is 0.486 e. The average Bonchev–Trinajstić information content (AvgIpc) is 3.33. The molecule has 0 unspecified atom stereocenters. The van der Waals surface area contributed by atoms with Crippen molar-refractivity contribution in [2.75, 3.05) is 18.4 Å². The molecule has 10 heteroatoms. The Bertz CT molecular complexity index is 1410. The number of likely N-dealkylation sites (tertiary alicyclic amines) is 1. The lowest BCUT2D eigenvalue weighted by atomic mass is 9.89. The number of aromatic nitrogens is 4. The molecule has 0 atom stereocenters. The van der Waals surface area contributed by atoms with E-state index in [1.807, 2.05) is 17.2 Å². The molecule has 1 aliphatic heterocycles. The zero-order chi connectivity index (χ0) is 25.1. The van der Waals surface area contributed by atoms with Crippen LogP contribution in [0.3, 0.4) is 0 Å². The highest BCUT2D eigenvalue weighted by Crippen LogP contribution is 2.37. The van der Waals surface area contributed by atoms with Gasteiger partial charge < -0.3 is 19.9 Å². The van der Waals surface area contributed by atoms with Crippen LogP contribution in [0.2, 0.25) is 10.0 Å². The lowest BCUT2D eigenvalue weighted by Crippen LogP contribution is -2.36. The molecule has 0 saturated carbocycles. The van der Waals surface area contributed by atoms with E-state index in [4.69, 9.17) is 27.9 Å². The van der Waals surface area contributed by atoms with E-state index in [1.165, 1.54) is 12.4 Å². The number of carbonyl (C=O) groups is 1. The maximum absolute atomic E-state index is 12.0. The Morgan fingerprint density at radius 3 is 2.78 bits per heavy atom. The summed E-state index contributed by atoms with van der Waals surface area (Å²) in [6.45, 7) is 5.23. The second kappa shape index (κ2) is 10.6. The quantitative estimate of drug-likeness (QED) is 0.294. The standard InChI is InChI=1S/C26H24Cl2N6O2/c1-2-23(35)34-9-6-16(7-10-34)20-13-30-25-24(20)26(32-15-31-25)33-18-3-4-22(21(28)12-18)36-14-19-11-17(27)5-8-29-19/h2-5,8,11-13,15-16H,1,6-7,9-10,14H2,(H2,30,31,32,33). The molecule has 1 fully saturated rings. The summed E-state index contributed by atoms with van der Waals surface area (Å²) in [5.74, 6) is 1.50. The van der Waals surface area contributed by atoms with Crippen LogP contribution < -0.4 is 10.1 Å². The predicted molar refractivity (Wildman–Crippen MR) is 141 cm³/mol. The van der Waals surface area contributed by atoms with Gasteiger partial charge in [0.25, 0.3) is 0 Å². The van der Waals surface area contributed by atoms with E-state index >= 15 is 0 Å². The van der Waals surface area contributed by atoms with Crippen LogP contribution in [0, 0.1) is 0 Å². The number of aromatic amines is 1. The van der Waals surface area contributed by atoms with E-state index in [2.05, 4.69) is 31.8 Å². The summed E-state index contributed by atoms with van der Waals surface area (Å²) in [4.78, 5) is 30.2. The van der Waals surface area contributed by atoms with E-state index in [0.717, 1.165) is 35.1 Å². The molecule has 0 spiro atoms. The van der Waals surface area contributed by atoms with Crippen LogP contribution >= 0.6 is 23.2 Å². The van der Waals surface area contributed by atoms with Gasteiger partial charge in [-0.1, -0.05) is 29.8 Å². The van der Waals surface area contributed by atoms with E-state index < -0.39 is 0 Å². The molecule has 0 aliphatic carbocycles. The van der Waals surface area contributed by atoms with Crippen molar-refractivity contribution in [1.29, 1.82) is 0 Å². The molecule has 184 valence electrons. The first-order chi connectivity index (χ1) is 17.5. The number of fused-ring (bicyclic) bond motifs is 1. The Hall–Kier alpha value is -3.62. The highest BCUT2D eigenvalue weighted by Gasteiger charge is 2.26. The number of nitrogens with zero attached hydrogens (tertiary/aromatic N) is 4. The van der Waals surface area contributed by atoms with Crippen LogP contribution in [0.4, 0.5) is 11.5 Å². The van der Waals surface area contributed by atoms with E-state index in [9.17, 15) is 4.79 Å². The Morgan fingerprint density at radius 1 is 1.19 bits per heavy atom. The number of anilines is 2. The topological polar surface area (TPSA) is 96.0 Å². The van der Waals surface area contributed by atoms with Crippen LogP contribution in [-0.4, -0.2) is 43.8 Å². The van der Waals surface area contributed by atoms with E-state index in [0.29, 0.717) is 46.3 Å². The lowest BCUT2D eigenvalue weighted by molar-refractivity contribution is -0.127. The summed E-state index contributed by atoms with van der Waals surface area (Å²) < 4.78 is 5.83. The zero-order valence-electron chi connectivity index (χ0n) is 19.4. The number of piperidine rings is 1. The molecule has 5 rings (SSSR count). The fourth-order valence-electron chi connectivity index (χ4n) is 4.46. The van der Waals surface area contributed by atoms with Gasteiger partial charge >= 0.3 is 0 Å². The zero-order valence-corrected chi connectivity index (χ0v) is 20.9. The summed E-state index contributed by atoms with van der Waals surface area (Å²) >= 11 is 12.5. The van der Waals surface area contributed by atoms with Crippen molar-refractivity contribution >= 4 is 51.6 Å². The summed E-state index contributed by atoms with van der Waals surface area (Å²) in [5.41, 5.74) is 3.38. The molecule has 0 radical (unpaired) electrons. The molecule has 3 aromatic heterocycles. The van der Waals surface area contributed by atoms with Crippen LogP contribution in [-0.2, 0) is 11.4 Å². The van der Waals surface area contributed by atoms with Crippen molar-refractivity contribution in [3.8, 4) is 5.75 Å². The molecule has 0 bridgehead atoms. The normalized spacial score (nSPS) is 14.1. The molecule has 1 aliphatic rings. The van der Waals surface area contributed by atoms with Gasteiger partial charge in [-0.2, -0.15) is 0 Å².